The van der Waals surface area contributed by atoms with Gasteiger partial charge in [-0.1, -0.05) is 18.5 Å². The molecule has 1 aromatic carbocycles. The van der Waals surface area contributed by atoms with Gasteiger partial charge < -0.3 is 10.6 Å². The monoisotopic (exact) mass is 289 g/mol. The summed E-state index contributed by atoms with van der Waals surface area (Å²) < 4.78 is 0. The van der Waals surface area contributed by atoms with Crippen molar-refractivity contribution in [3.8, 4) is 0 Å². The molecule has 3 unspecified atom stereocenters. The number of nitrogens with zero attached hydrogens (tertiary/aromatic N) is 2. The van der Waals surface area contributed by atoms with Gasteiger partial charge in [-0.3, -0.25) is 4.98 Å². The predicted octanol–water partition coefficient (Wildman–Crippen LogP) is 3.45. The maximum absolute atomic E-state index is 6.28. The Morgan fingerprint density at radius 2 is 2.10 bits per heavy atom. The van der Waals surface area contributed by atoms with Gasteiger partial charge in [-0.2, -0.15) is 0 Å². The van der Waals surface area contributed by atoms with Crippen molar-refractivity contribution in [2.24, 2.45) is 11.7 Å². The molecular weight excluding hydrogens is 270 g/mol. The zero-order valence-electron chi connectivity index (χ0n) is 11.9. The molecular formula is C16H20ClN3. The molecule has 106 valence electrons. The van der Waals surface area contributed by atoms with Gasteiger partial charge in [-0.15, -0.1) is 0 Å². The lowest BCUT2D eigenvalue weighted by atomic mass is 9.87. The van der Waals surface area contributed by atoms with E-state index in [-0.39, 0.29) is 6.04 Å². The second kappa shape index (κ2) is 5.23. The molecule has 1 aliphatic heterocycles. The minimum absolute atomic E-state index is 0.285. The van der Waals surface area contributed by atoms with Crippen molar-refractivity contribution in [2.45, 2.75) is 32.4 Å². The minimum Gasteiger partial charge on any atom is -0.367 e. The first-order chi connectivity index (χ1) is 9.59. The summed E-state index contributed by atoms with van der Waals surface area (Å²) in [6.45, 7) is 5.44. The highest BCUT2D eigenvalue weighted by atomic mass is 35.5. The van der Waals surface area contributed by atoms with Crippen molar-refractivity contribution < 1.29 is 0 Å². The molecule has 0 radical (unpaired) electrons. The number of nitrogens with two attached hydrogens (primary N) is 1. The number of rotatable bonds is 1. The first kappa shape index (κ1) is 13.7. The topological polar surface area (TPSA) is 42.1 Å². The summed E-state index contributed by atoms with van der Waals surface area (Å²) in [6, 6.07) is 8.69. The highest BCUT2D eigenvalue weighted by Gasteiger charge is 2.31. The number of halogens is 1. The highest BCUT2D eigenvalue weighted by Crippen LogP contribution is 2.35. The summed E-state index contributed by atoms with van der Waals surface area (Å²) in [7, 11) is 0. The summed E-state index contributed by atoms with van der Waals surface area (Å²) in [4.78, 5) is 6.95. The van der Waals surface area contributed by atoms with Gasteiger partial charge in [-0.25, -0.2) is 0 Å². The van der Waals surface area contributed by atoms with E-state index in [0.717, 1.165) is 34.6 Å². The summed E-state index contributed by atoms with van der Waals surface area (Å²) in [5.41, 5.74) is 8.33. The van der Waals surface area contributed by atoms with E-state index in [1.165, 1.54) is 0 Å². The standard InChI is InChI=1S/C16H20ClN3/c1-10-11(2)20(9-7-14(10)18)15-6-5-13(17)12-4-3-8-19-16(12)15/h3-6,8,10-11,14H,7,9,18H2,1-2H3. The number of anilines is 1. The molecule has 1 aromatic heterocycles. The summed E-state index contributed by atoms with van der Waals surface area (Å²) in [5.74, 6) is 0.471. The average Bonchev–Trinajstić information content (AvgIpc) is 2.47. The molecule has 0 aliphatic carbocycles. The van der Waals surface area contributed by atoms with E-state index < -0.39 is 0 Å². The van der Waals surface area contributed by atoms with Crippen LogP contribution in [-0.2, 0) is 0 Å². The first-order valence-corrected chi connectivity index (χ1v) is 7.53. The summed E-state index contributed by atoms with van der Waals surface area (Å²) in [5, 5.41) is 1.77. The van der Waals surface area contributed by atoms with Gasteiger partial charge in [0.15, 0.2) is 0 Å². The normalized spacial score (nSPS) is 27.0. The molecule has 1 aliphatic rings. The van der Waals surface area contributed by atoms with E-state index in [2.05, 4.69) is 29.8 Å². The van der Waals surface area contributed by atoms with Crippen LogP contribution in [0.2, 0.25) is 5.02 Å². The Labute approximate surface area is 124 Å². The van der Waals surface area contributed by atoms with Gasteiger partial charge >= 0.3 is 0 Å². The van der Waals surface area contributed by atoms with E-state index in [1.54, 1.807) is 0 Å². The van der Waals surface area contributed by atoms with Crippen molar-refractivity contribution in [2.75, 3.05) is 11.4 Å². The Bertz CT molecular complexity index is 628. The molecule has 4 heteroatoms. The highest BCUT2D eigenvalue weighted by molar-refractivity contribution is 6.35. The molecule has 0 amide bonds. The maximum atomic E-state index is 6.28. The first-order valence-electron chi connectivity index (χ1n) is 7.15. The van der Waals surface area contributed by atoms with Crippen LogP contribution in [0.25, 0.3) is 10.9 Å². The average molecular weight is 290 g/mol. The smallest absolute Gasteiger partial charge is 0.0950 e. The third kappa shape index (κ3) is 2.15. The Hall–Kier alpha value is -1.32. The van der Waals surface area contributed by atoms with Gasteiger partial charge in [0.05, 0.1) is 16.2 Å². The number of fused-ring (bicyclic) bond motifs is 1. The van der Waals surface area contributed by atoms with Crippen LogP contribution in [0, 0.1) is 5.92 Å². The van der Waals surface area contributed by atoms with Crippen molar-refractivity contribution in [1.29, 1.82) is 0 Å². The molecule has 0 spiro atoms. The third-order valence-corrected chi connectivity index (χ3v) is 4.97. The second-order valence-corrected chi connectivity index (χ2v) is 6.12. The number of pyridine rings is 1. The fourth-order valence-corrected chi connectivity index (χ4v) is 3.31. The lowest BCUT2D eigenvalue weighted by Crippen LogP contribution is -2.52. The molecule has 3 atom stereocenters. The van der Waals surface area contributed by atoms with Crippen molar-refractivity contribution in [3.05, 3.63) is 35.5 Å². The van der Waals surface area contributed by atoms with Gasteiger partial charge in [0.1, 0.15) is 0 Å². The van der Waals surface area contributed by atoms with Crippen molar-refractivity contribution in [3.63, 3.8) is 0 Å². The maximum Gasteiger partial charge on any atom is 0.0950 e. The number of hydrogen-bond acceptors (Lipinski definition) is 3. The number of hydrogen-bond donors (Lipinski definition) is 1. The van der Waals surface area contributed by atoms with E-state index >= 15 is 0 Å². The lowest BCUT2D eigenvalue weighted by Gasteiger charge is -2.43. The molecule has 1 saturated heterocycles. The number of benzene rings is 1. The van der Waals surface area contributed by atoms with Crippen LogP contribution in [0.3, 0.4) is 0 Å². The third-order valence-electron chi connectivity index (χ3n) is 4.64. The lowest BCUT2D eigenvalue weighted by molar-refractivity contribution is 0.316. The van der Waals surface area contributed by atoms with Crippen molar-refractivity contribution in [1.82, 2.24) is 4.98 Å². The molecule has 20 heavy (non-hydrogen) atoms. The zero-order chi connectivity index (χ0) is 14.3. The van der Waals surface area contributed by atoms with Crippen LogP contribution in [0.4, 0.5) is 5.69 Å². The molecule has 2 heterocycles. The van der Waals surface area contributed by atoms with E-state index in [9.17, 15) is 0 Å². The van der Waals surface area contributed by atoms with Crippen LogP contribution < -0.4 is 10.6 Å². The van der Waals surface area contributed by atoms with Crippen LogP contribution in [-0.4, -0.2) is 23.6 Å². The van der Waals surface area contributed by atoms with Gasteiger partial charge in [0.2, 0.25) is 0 Å². The second-order valence-electron chi connectivity index (χ2n) is 5.71. The Balaban J connectivity index is 2.09. The molecule has 2 N–H and O–H groups in total. The van der Waals surface area contributed by atoms with E-state index in [0.29, 0.717) is 12.0 Å². The van der Waals surface area contributed by atoms with Crippen LogP contribution in [0.15, 0.2) is 30.5 Å². The largest absolute Gasteiger partial charge is 0.367 e. The van der Waals surface area contributed by atoms with Gasteiger partial charge in [0.25, 0.3) is 0 Å². The molecule has 0 saturated carbocycles. The molecule has 0 bridgehead atoms. The fraction of sp³-hybridized carbons (Fsp3) is 0.438. The van der Waals surface area contributed by atoms with Crippen LogP contribution >= 0.6 is 11.6 Å². The molecule has 1 fully saturated rings. The van der Waals surface area contributed by atoms with E-state index in [1.807, 2.05) is 24.4 Å². The fourth-order valence-electron chi connectivity index (χ4n) is 3.09. The molecule has 3 rings (SSSR count). The van der Waals surface area contributed by atoms with Gasteiger partial charge in [-0.05, 0) is 43.5 Å². The number of aromatic nitrogens is 1. The summed E-state index contributed by atoms with van der Waals surface area (Å²) >= 11 is 6.28. The van der Waals surface area contributed by atoms with E-state index in [4.69, 9.17) is 17.3 Å². The van der Waals surface area contributed by atoms with Crippen molar-refractivity contribution >= 4 is 28.2 Å². The Morgan fingerprint density at radius 1 is 1.30 bits per heavy atom. The van der Waals surface area contributed by atoms with Gasteiger partial charge in [0, 0.05) is 30.2 Å². The predicted molar refractivity (Wildman–Crippen MR) is 85.3 cm³/mol. The van der Waals surface area contributed by atoms with Crippen LogP contribution in [0.5, 0.6) is 0 Å². The molecule has 2 aromatic rings. The molecule has 3 nitrogen and oxygen atoms in total. The summed E-state index contributed by atoms with van der Waals surface area (Å²) in [6.07, 6.45) is 2.84. The van der Waals surface area contributed by atoms with Crippen LogP contribution in [0.1, 0.15) is 20.3 Å². The number of piperidine rings is 1. The Morgan fingerprint density at radius 3 is 2.90 bits per heavy atom. The zero-order valence-corrected chi connectivity index (χ0v) is 12.6. The Kier molecular flexibility index (Phi) is 3.57. The SMILES string of the molecule is CC1C(N)CCN(c2ccc(Cl)c3cccnc23)C1C. The quantitative estimate of drug-likeness (QED) is 0.874. The minimum atomic E-state index is 0.285.